The van der Waals surface area contributed by atoms with Crippen LogP contribution in [0.1, 0.15) is 17.4 Å². The zero-order valence-corrected chi connectivity index (χ0v) is 11.0. The first-order valence-corrected chi connectivity index (χ1v) is 6.11. The lowest BCUT2D eigenvalue weighted by atomic mass is 10.1. The predicted octanol–water partition coefficient (Wildman–Crippen LogP) is 1.70. The Hall–Kier alpha value is -1.85. The van der Waals surface area contributed by atoms with Crippen LogP contribution in [-0.2, 0) is 0 Å². The summed E-state index contributed by atoms with van der Waals surface area (Å²) in [5.74, 6) is -0.797. The van der Waals surface area contributed by atoms with Crippen molar-refractivity contribution in [3.8, 4) is 5.75 Å². The number of amides is 1. The van der Waals surface area contributed by atoms with Gasteiger partial charge in [0.05, 0.1) is 6.61 Å². The Morgan fingerprint density at radius 2 is 2.05 bits per heavy atom. The molecular formula is C13H13ClN2O3. The van der Waals surface area contributed by atoms with Gasteiger partial charge < -0.3 is 15.5 Å². The Morgan fingerprint density at radius 3 is 2.68 bits per heavy atom. The number of hydrogen-bond acceptors (Lipinski definition) is 4. The lowest BCUT2D eigenvalue weighted by Crippen LogP contribution is -2.35. The maximum absolute atomic E-state index is 11.9. The summed E-state index contributed by atoms with van der Waals surface area (Å²) in [4.78, 5) is 15.8. The maximum Gasteiger partial charge on any atom is 0.274 e. The Morgan fingerprint density at radius 1 is 1.42 bits per heavy atom. The molecular weight excluding hydrogens is 268 g/mol. The summed E-state index contributed by atoms with van der Waals surface area (Å²) in [6.07, 6.45) is 0. The van der Waals surface area contributed by atoms with Crippen LogP contribution in [0, 0.1) is 0 Å². The highest BCUT2D eigenvalue weighted by Gasteiger charge is 2.19. The highest BCUT2D eigenvalue weighted by atomic mass is 35.5. The van der Waals surface area contributed by atoms with Crippen LogP contribution in [0.5, 0.6) is 5.75 Å². The van der Waals surface area contributed by atoms with Crippen molar-refractivity contribution in [2.75, 3.05) is 6.61 Å². The Kier molecular flexibility index (Phi) is 3.87. The number of aromatic nitrogens is 1. The SMILES string of the molecule is CC(CO)NC(=O)c1nc(Cl)c2ccccc2c1O. The average Bonchev–Trinajstić information content (AvgIpc) is 2.42. The summed E-state index contributed by atoms with van der Waals surface area (Å²) in [7, 11) is 0. The topological polar surface area (TPSA) is 82.5 Å². The molecule has 0 aliphatic carbocycles. The summed E-state index contributed by atoms with van der Waals surface area (Å²) < 4.78 is 0. The minimum atomic E-state index is -0.577. The van der Waals surface area contributed by atoms with Crippen LogP contribution < -0.4 is 5.32 Å². The quantitative estimate of drug-likeness (QED) is 0.748. The average molecular weight is 281 g/mol. The molecule has 19 heavy (non-hydrogen) atoms. The van der Waals surface area contributed by atoms with E-state index in [0.29, 0.717) is 10.8 Å². The molecule has 0 radical (unpaired) electrons. The zero-order valence-electron chi connectivity index (χ0n) is 10.2. The molecule has 2 aromatic rings. The van der Waals surface area contributed by atoms with Gasteiger partial charge >= 0.3 is 0 Å². The normalized spacial score (nSPS) is 12.4. The van der Waals surface area contributed by atoms with E-state index in [0.717, 1.165) is 0 Å². The monoisotopic (exact) mass is 280 g/mol. The van der Waals surface area contributed by atoms with Crippen molar-refractivity contribution in [3.63, 3.8) is 0 Å². The predicted molar refractivity (Wildman–Crippen MR) is 72.4 cm³/mol. The summed E-state index contributed by atoms with van der Waals surface area (Å²) in [6.45, 7) is 1.44. The minimum Gasteiger partial charge on any atom is -0.505 e. The van der Waals surface area contributed by atoms with Crippen molar-refractivity contribution < 1.29 is 15.0 Å². The number of nitrogens with zero attached hydrogens (tertiary/aromatic N) is 1. The molecule has 6 heteroatoms. The number of nitrogens with one attached hydrogen (secondary N) is 1. The maximum atomic E-state index is 11.9. The van der Waals surface area contributed by atoms with Crippen LogP contribution in [0.15, 0.2) is 24.3 Å². The molecule has 1 heterocycles. The van der Waals surface area contributed by atoms with Crippen LogP contribution in [0.4, 0.5) is 0 Å². The third-order valence-corrected chi connectivity index (χ3v) is 2.99. The van der Waals surface area contributed by atoms with Crippen molar-refractivity contribution >= 4 is 28.3 Å². The smallest absolute Gasteiger partial charge is 0.274 e. The Balaban J connectivity index is 2.50. The number of benzene rings is 1. The van der Waals surface area contributed by atoms with E-state index in [1.165, 1.54) is 0 Å². The van der Waals surface area contributed by atoms with Crippen LogP contribution in [-0.4, -0.2) is 33.8 Å². The molecule has 0 saturated carbocycles. The number of pyridine rings is 1. The van der Waals surface area contributed by atoms with E-state index in [-0.39, 0.29) is 23.2 Å². The van der Waals surface area contributed by atoms with Gasteiger partial charge in [0.2, 0.25) is 0 Å². The van der Waals surface area contributed by atoms with E-state index in [1.54, 1.807) is 31.2 Å². The molecule has 1 atom stereocenters. The van der Waals surface area contributed by atoms with Gasteiger partial charge in [-0.25, -0.2) is 4.98 Å². The molecule has 0 bridgehead atoms. The van der Waals surface area contributed by atoms with Gasteiger partial charge in [0.1, 0.15) is 5.15 Å². The summed E-state index contributed by atoms with van der Waals surface area (Å²) in [5, 5.41) is 22.7. The number of fused-ring (bicyclic) bond motifs is 1. The summed E-state index contributed by atoms with van der Waals surface area (Å²) in [6, 6.07) is 6.44. The molecule has 100 valence electrons. The molecule has 5 nitrogen and oxygen atoms in total. The second kappa shape index (κ2) is 5.42. The molecule has 2 rings (SSSR count). The lowest BCUT2D eigenvalue weighted by molar-refractivity contribution is 0.0914. The summed E-state index contributed by atoms with van der Waals surface area (Å²) >= 11 is 6.00. The van der Waals surface area contributed by atoms with Crippen LogP contribution in [0.3, 0.4) is 0 Å². The van der Waals surface area contributed by atoms with Crippen molar-refractivity contribution in [2.24, 2.45) is 0 Å². The summed E-state index contributed by atoms with van der Waals surface area (Å²) in [5.41, 5.74) is -0.149. The number of hydrogen-bond donors (Lipinski definition) is 3. The zero-order chi connectivity index (χ0) is 14.0. The molecule has 0 saturated heterocycles. The second-order valence-corrected chi connectivity index (χ2v) is 4.56. The fourth-order valence-electron chi connectivity index (χ4n) is 1.70. The number of carbonyl (C=O) groups excluding carboxylic acids is 1. The standard InChI is InChI=1S/C13H13ClN2O3/c1-7(6-17)15-13(19)10-11(18)8-4-2-3-5-9(8)12(14)16-10/h2-5,7,17-18H,6H2,1H3,(H,15,19). The van der Waals surface area contributed by atoms with Gasteiger partial charge in [0.25, 0.3) is 5.91 Å². The fraction of sp³-hybridized carbons (Fsp3) is 0.231. The lowest BCUT2D eigenvalue weighted by Gasteiger charge is -2.12. The highest BCUT2D eigenvalue weighted by Crippen LogP contribution is 2.31. The first-order valence-electron chi connectivity index (χ1n) is 5.73. The van der Waals surface area contributed by atoms with Crippen LogP contribution in [0.25, 0.3) is 10.8 Å². The van der Waals surface area contributed by atoms with Gasteiger partial charge in [-0.2, -0.15) is 0 Å². The van der Waals surface area contributed by atoms with E-state index in [9.17, 15) is 9.90 Å². The van der Waals surface area contributed by atoms with Gasteiger partial charge in [0, 0.05) is 16.8 Å². The molecule has 1 aromatic carbocycles. The number of aliphatic hydroxyl groups excluding tert-OH is 1. The van der Waals surface area contributed by atoms with Gasteiger partial charge in [-0.1, -0.05) is 35.9 Å². The van der Waals surface area contributed by atoms with E-state index in [4.69, 9.17) is 16.7 Å². The van der Waals surface area contributed by atoms with E-state index in [1.807, 2.05) is 0 Å². The first kappa shape index (κ1) is 13.6. The van der Waals surface area contributed by atoms with Crippen molar-refractivity contribution in [2.45, 2.75) is 13.0 Å². The van der Waals surface area contributed by atoms with Crippen molar-refractivity contribution in [3.05, 3.63) is 35.1 Å². The number of aromatic hydroxyl groups is 1. The Labute approximate surface area is 114 Å². The van der Waals surface area contributed by atoms with Gasteiger partial charge in [-0.3, -0.25) is 4.79 Å². The third kappa shape index (κ3) is 2.62. The van der Waals surface area contributed by atoms with Gasteiger partial charge in [-0.15, -0.1) is 0 Å². The molecule has 1 aromatic heterocycles. The number of carbonyl (C=O) groups is 1. The second-order valence-electron chi connectivity index (χ2n) is 4.20. The molecule has 1 amide bonds. The molecule has 3 N–H and O–H groups in total. The van der Waals surface area contributed by atoms with E-state index < -0.39 is 11.9 Å². The molecule has 0 fully saturated rings. The molecule has 0 spiro atoms. The molecule has 0 aliphatic rings. The largest absolute Gasteiger partial charge is 0.505 e. The first-order chi connectivity index (χ1) is 9.04. The van der Waals surface area contributed by atoms with E-state index >= 15 is 0 Å². The third-order valence-electron chi connectivity index (χ3n) is 2.71. The number of aliphatic hydroxyl groups is 1. The molecule has 1 unspecified atom stereocenters. The van der Waals surface area contributed by atoms with E-state index in [2.05, 4.69) is 10.3 Å². The van der Waals surface area contributed by atoms with Gasteiger partial charge in [-0.05, 0) is 6.92 Å². The highest BCUT2D eigenvalue weighted by molar-refractivity contribution is 6.34. The van der Waals surface area contributed by atoms with Crippen LogP contribution in [0.2, 0.25) is 5.15 Å². The fourth-order valence-corrected chi connectivity index (χ4v) is 1.95. The Bertz CT molecular complexity index is 631. The van der Waals surface area contributed by atoms with Gasteiger partial charge in [0.15, 0.2) is 11.4 Å². The minimum absolute atomic E-state index is 0.148. The van der Waals surface area contributed by atoms with Crippen LogP contribution >= 0.6 is 11.6 Å². The number of halogens is 1. The van der Waals surface area contributed by atoms with Crippen molar-refractivity contribution in [1.82, 2.24) is 10.3 Å². The molecule has 0 aliphatic heterocycles. The number of rotatable bonds is 3. The van der Waals surface area contributed by atoms with Crippen molar-refractivity contribution in [1.29, 1.82) is 0 Å².